The Morgan fingerprint density at radius 3 is 2.20 bits per heavy atom. The highest BCUT2D eigenvalue weighted by molar-refractivity contribution is 7.89. The standard InChI is InChI=1S/C14H17F2NO2S/c1-17(14-7-5-10(9-14)6-8-14)20(18,19)13-11(15)3-2-4-12(13)16/h2-4,10H,5-9H2,1H3. The first kappa shape index (κ1) is 13.9. The normalized spacial score (nSPS) is 29.3. The lowest BCUT2D eigenvalue weighted by molar-refractivity contribution is 0.222. The van der Waals surface area contributed by atoms with Crippen LogP contribution in [-0.2, 0) is 10.0 Å². The third-order valence-corrected chi connectivity index (χ3v) is 6.92. The summed E-state index contributed by atoms with van der Waals surface area (Å²) in [6.07, 6.45) is 4.37. The van der Waals surface area contributed by atoms with Crippen LogP contribution in [-0.4, -0.2) is 25.3 Å². The Hall–Kier alpha value is -1.01. The van der Waals surface area contributed by atoms with E-state index in [0.29, 0.717) is 5.92 Å². The van der Waals surface area contributed by atoms with Gasteiger partial charge in [-0.25, -0.2) is 17.2 Å². The fraction of sp³-hybridized carbons (Fsp3) is 0.571. The molecule has 0 unspecified atom stereocenters. The first-order chi connectivity index (χ1) is 9.37. The van der Waals surface area contributed by atoms with Crippen LogP contribution in [0.3, 0.4) is 0 Å². The van der Waals surface area contributed by atoms with E-state index in [-0.39, 0.29) is 0 Å². The van der Waals surface area contributed by atoms with Crippen molar-refractivity contribution in [2.75, 3.05) is 7.05 Å². The molecule has 1 aromatic carbocycles. The van der Waals surface area contributed by atoms with Gasteiger partial charge in [-0.2, -0.15) is 4.31 Å². The quantitative estimate of drug-likeness (QED) is 0.861. The number of rotatable bonds is 3. The van der Waals surface area contributed by atoms with Gasteiger partial charge in [-0.3, -0.25) is 0 Å². The Kier molecular flexibility index (Phi) is 3.14. The topological polar surface area (TPSA) is 37.4 Å². The summed E-state index contributed by atoms with van der Waals surface area (Å²) in [5.74, 6) is -1.50. The maximum Gasteiger partial charge on any atom is 0.249 e. The van der Waals surface area contributed by atoms with Crippen LogP contribution < -0.4 is 0 Å². The van der Waals surface area contributed by atoms with Crippen molar-refractivity contribution in [2.24, 2.45) is 5.92 Å². The van der Waals surface area contributed by atoms with E-state index < -0.39 is 32.1 Å². The molecule has 2 aliphatic carbocycles. The second-order valence-electron chi connectivity index (χ2n) is 5.90. The van der Waals surface area contributed by atoms with Crippen LogP contribution in [0.25, 0.3) is 0 Å². The van der Waals surface area contributed by atoms with Gasteiger partial charge in [0.05, 0.1) is 0 Å². The van der Waals surface area contributed by atoms with Crippen molar-refractivity contribution in [3.63, 3.8) is 0 Å². The van der Waals surface area contributed by atoms with E-state index in [1.807, 2.05) is 0 Å². The van der Waals surface area contributed by atoms with Gasteiger partial charge in [-0.1, -0.05) is 6.07 Å². The van der Waals surface area contributed by atoms with Crippen molar-refractivity contribution in [1.82, 2.24) is 4.31 Å². The Morgan fingerprint density at radius 1 is 1.20 bits per heavy atom. The molecule has 3 nitrogen and oxygen atoms in total. The highest BCUT2D eigenvalue weighted by Crippen LogP contribution is 2.52. The first-order valence-electron chi connectivity index (χ1n) is 6.80. The number of halogens is 2. The maximum absolute atomic E-state index is 13.8. The monoisotopic (exact) mass is 301 g/mol. The molecule has 2 fully saturated rings. The third-order valence-electron chi connectivity index (χ3n) is 4.91. The third kappa shape index (κ3) is 1.89. The molecule has 0 heterocycles. The van der Waals surface area contributed by atoms with Gasteiger partial charge in [0.25, 0.3) is 0 Å². The second kappa shape index (κ2) is 4.49. The highest BCUT2D eigenvalue weighted by atomic mass is 32.2. The Labute approximate surface area is 117 Å². The van der Waals surface area contributed by atoms with Gasteiger partial charge in [0.1, 0.15) is 11.6 Å². The van der Waals surface area contributed by atoms with Crippen molar-refractivity contribution in [3.05, 3.63) is 29.8 Å². The van der Waals surface area contributed by atoms with Crippen LogP contribution in [0.15, 0.2) is 23.1 Å². The lowest BCUT2D eigenvalue weighted by atomic mass is 9.94. The Bertz CT molecular complexity index is 616. The van der Waals surface area contributed by atoms with Crippen LogP contribution in [0.2, 0.25) is 0 Å². The van der Waals surface area contributed by atoms with Gasteiger partial charge in [-0.05, 0) is 50.2 Å². The van der Waals surface area contributed by atoms with Gasteiger partial charge >= 0.3 is 0 Å². The SMILES string of the molecule is CN(C12CCC(CC1)C2)S(=O)(=O)c1c(F)cccc1F. The fourth-order valence-corrected chi connectivity index (χ4v) is 5.39. The molecule has 0 aromatic heterocycles. The van der Waals surface area contributed by atoms with Crippen molar-refractivity contribution < 1.29 is 17.2 Å². The molecular formula is C14H17F2NO2S. The second-order valence-corrected chi connectivity index (χ2v) is 7.80. The number of sulfonamides is 1. The summed E-state index contributed by atoms with van der Waals surface area (Å²) < 4.78 is 54.0. The number of fused-ring (bicyclic) bond motifs is 2. The maximum atomic E-state index is 13.8. The Morgan fingerprint density at radius 2 is 1.75 bits per heavy atom. The van der Waals surface area contributed by atoms with E-state index in [1.165, 1.54) is 17.4 Å². The molecule has 1 aromatic rings. The summed E-state index contributed by atoms with van der Waals surface area (Å²) in [6.45, 7) is 0. The molecule has 0 radical (unpaired) electrons. The zero-order valence-corrected chi connectivity index (χ0v) is 12.1. The summed E-state index contributed by atoms with van der Waals surface area (Å²) >= 11 is 0. The summed E-state index contributed by atoms with van der Waals surface area (Å²) in [4.78, 5) is -0.827. The molecule has 0 saturated heterocycles. The van der Waals surface area contributed by atoms with Gasteiger partial charge in [-0.15, -0.1) is 0 Å². The summed E-state index contributed by atoms with van der Waals surface area (Å²) in [6, 6.07) is 3.13. The van der Waals surface area contributed by atoms with E-state index in [4.69, 9.17) is 0 Å². The van der Waals surface area contributed by atoms with Crippen LogP contribution in [0.4, 0.5) is 8.78 Å². The van der Waals surface area contributed by atoms with Gasteiger partial charge < -0.3 is 0 Å². The van der Waals surface area contributed by atoms with Gasteiger partial charge in [0.2, 0.25) is 10.0 Å². The summed E-state index contributed by atoms with van der Waals surface area (Å²) in [5, 5.41) is 0. The largest absolute Gasteiger partial charge is 0.249 e. The summed E-state index contributed by atoms with van der Waals surface area (Å²) in [7, 11) is -2.69. The number of hydrogen-bond acceptors (Lipinski definition) is 2. The van der Waals surface area contributed by atoms with Gasteiger partial charge in [0, 0.05) is 12.6 Å². The van der Waals surface area contributed by atoms with E-state index in [9.17, 15) is 17.2 Å². The van der Waals surface area contributed by atoms with Crippen molar-refractivity contribution in [1.29, 1.82) is 0 Å². The Balaban J connectivity index is 2.04. The molecule has 20 heavy (non-hydrogen) atoms. The van der Waals surface area contributed by atoms with Crippen LogP contribution in [0, 0.1) is 17.6 Å². The molecular weight excluding hydrogens is 284 g/mol. The van der Waals surface area contributed by atoms with Crippen molar-refractivity contribution in [2.45, 2.75) is 42.5 Å². The molecule has 2 bridgehead atoms. The highest BCUT2D eigenvalue weighted by Gasteiger charge is 2.51. The first-order valence-corrected chi connectivity index (χ1v) is 8.24. The van der Waals surface area contributed by atoms with Gasteiger partial charge in [0.15, 0.2) is 4.90 Å². The molecule has 0 aliphatic heterocycles. The lowest BCUT2D eigenvalue weighted by Crippen LogP contribution is -2.46. The van der Waals surface area contributed by atoms with E-state index >= 15 is 0 Å². The van der Waals surface area contributed by atoms with Crippen LogP contribution in [0.5, 0.6) is 0 Å². The minimum Gasteiger partial charge on any atom is -0.207 e. The van der Waals surface area contributed by atoms with Crippen LogP contribution >= 0.6 is 0 Å². The average molecular weight is 301 g/mol. The minimum atomic E-state index is -4.14. The van der Waals surface area contributed by atoms with Crippen molar-refractivity contribution in [3.8, 4) is 0 Å². The predicted molar refractivity (Wildman–Crippen MR) is 70.6 cm³/mol. The fourth-order valence-electron chi connectivity index (χ4n) is 3.72. The molecule has 0 N–H and O–H groups in total. The molecule has 0 amide bonds. The molecule has 3 rings (SSSR count). The number of benzene rings is 1. The number of nitrogens with zero attached hydrogens (tertiary/aromatic N) is 1. The molecule has 0 atom stereocenters. The molecule has 6 heteroatoms. The van der Waals surface area contributed by atoms with E-state index in [0.717, 1.165) is 44.2 Å². The average Bonchev–Trinajstić information content (AvgIpc) is 2.98. The molecule has 110 valence electrons. The van der Waals surface area contributed by atoms with E-state index in [1.54, 1.807) is 0 Å². The smallest absolute Gasteiger partial charge is 0.207 e. The minimum absolute atomic E-state index is 0.446. The zero-order chi connectivity index (χ0) is 14.5. The van der Waals surface area contributed by atoms with Crippen LogP contribution in [0.1, 0.15) is 32.1 Å². The zero-order valence-electron chi connectivity index (χ0n) is 11.3. The molecule has 2 saturated carbocycles. The van der Waals surface area contributed by atoms with Crippen molar-refractivity contribution >= 4 is 10.0 Å². The van der Waals surface area contributed by atoms with E-state index in [2.05, 4.69) is 0 Å². The number of hydrogen-bond donors (Lipinski definition) is 0. The molecule has 0 spiro atoms. The predicted octanol–water partition coefficient (Wildman–Crippen LogP) is 2.92. The molecule has 2 aliphatic rings. The lowest BCUT2D eigenvalue weighted by Gasteiger charge is -2.36. The summed E-state index contributed by atoms with van der Waals surface area (Å²) in [5.41, 5.74) is -0.446.